The van der Waals surface area contributed by atoms with Gasteiger partial charge in [-0.2, -0.15) is 0 Å². The molecule has 6 nitrogen and oxygen atoms in total. The highest BCUT2D eigenvalue weighted by Crippen LogP contribution is 2.20. The summed E-state index contributed by atoms with van der Waals surface area (Å²) in [6, 6.07) is 6.82. The van der Waals surface area contributed by atoms with Crippen molar-refractivity contribution in [2.24, 2.45) is 0 Å². The molecule has 1 heterocycles. The third kappa shape index (κ3) is 3.83. The van der Waals surface area contributed by atoms with Crippen molar-refractivity contribution < 1.29 is 14.3 Å². The predicted octanol–water partition coefficient (Wildman–Crippen LogP) is 2.23. The number of oxazole rings is 1. The van der Waals surface area contributed by atoms with Crippen LogP contribution in [0.2, 0.25) is 0 Å². The van der Waals surface area contributed by atoms with Crippen molar-refractivity contribution >= 4 is 11.7 Å². The normalized spacial score (nSPS) is 11.9. The average Bonchev–Trinajstić information content (AvgIpc) is 2.92. The van der Waals surface area contributed by atoms with Crippen LogP contribution < -0.4 is 10.6 Å². The number of aliphatic hydroxyl groups is 1. The van der Waals surface area contributed by atoms with Crippen LogP contribution >= 0.6 is 0 Å². The standard InChI is InChI=1S/C14H17N3O3/c1-10(5-7-18)16-14(19)17-12-4-2-3-11(9-12)13-15-6-8-20-13/h2-4,6,8-10,18H,5,7H2,1H3,(H2,16,17,19)/t10-/m1/s1. The molecule has 0 spiro atoms. The zero-order valence-corrected chi connectivity index (χ0v) is 11.2. The molecule has 0 bridgehead atoms. The quantitative estimate of drug-likeness (QED) is 0.781. The molecule has 20 heavy (non-hydrogen) atoms. The zero-order chi connectivity index (χ0) is 14.4. The molecule has 0 unspecified atom stereocenters. The molecular formula is C14H17N3O3. The summed E-state index contributed by atoms with van der Waals surface area (Å²) in [7, 11) is 0. The van der Waals surface area contributed by atoms with Crippen molar-refractivity contribution in [3.63, 3.8) is 0 Å². The van der Waals surface area contributed by atoms with Gasteiger partial charge in [0.25, 0.3) is 0 Å². The number of nitrogens with zero attached hydrogens (tertiary/aromatic N) is 1. The van der Waals surface area contributed by atoms with Crippen molar-refractivity contribution in [2.45, 2.75) is 19.4 Å². The number of carbonyl (C=O) groups is 1. The van der Waals surface area contributed by atoms with Crippen LogP contribution in [0.4, 0.5) is 10.5 Å². The third-order valence-electron chi connectivity index (χ3n) is 2.74. The lowest BCUT2D eigenvalue weighted by atomic mass is 10.2. The number of anilines is 1. The van der Waals surface area contributed by atoms with E-state index in [0.29, 0.717) is 18.0 Å². The second-order valence-electron chi connectivity index (χ2n) is 4.43. The Morgan fingerprint density at radius 3 is 3.05 bits per heavy atom. The minimum absolute atomic E-state index is 0.0428. The molecule has 3 N–H and O–H groups in total. The summed E-state index contributed by atoms with van der Waals surface area (Å²) >= 11 is 0. The Morgan fingerprint density at radius 2 is 2.35 bits per heavy atom. The predicted molar refractivity (Wildman–Crippen MR) is 75.3 cm³/mol. The topological polar surface area (TPSA) is 87.4 Å². The van der Waals surface area contributed by atoms with Crippen LogP contribution in [-0.2, 0) is 0 Å². The lowest BCUT2D eigenvalue weighted by Crippen LogP contribution is -2.36. The number of hydrogen-bond acceptors (Lipinski definition) is 4. The van der Waals surface area contributed by atoms with Crippen LogP contribution in [0.5, 0.6) is 0 Å². The minimum atomic E-state index is -0.310. The van der Waals surface area contributed by atoms with Gasteiger partial charge in [-0.15, -0.1) is 0 Å². The summed E-state index contributed by atoms with van der Waals surface area (Å²) in [5, 5.41) is 14.3. The average molecular weight is 275 g/mol. The molecule has 0 aliphatic heterocycles. The molecule has 1 aromatic carbocycles. The molecule has 0 aliphatic carbocycles. The van der Waals surface area contributed by atoms with Crippen LogP contribution in [-0.4, -0.2) is 28.8 Å². The lowest BCUT2D eigenvalue weighted by molar-refractivity contribution is 0.241. The summed E-state index contributed by atoms with van der Waals surface area (Å²) in [5.41, 5.74) is 1.44. The molecule has 2 amide bonds. The molecule has 2 rings (SSSR count). The Balaban J connectivity index is 1.99. The van der Waals surface area contributed by atoms with Gasteiger partial charge in [0, 0.05) is 23.9 Å². The van der Waals surface area contributed by atoms with Crippen molar-refractivity contribution in [2.75, 3.05) is 11.9 Å². The van der Waals surface area contributed by atoms with E-state index in [2.05, 4.69) is 15.6 Å². The van der Waals surface area contributed by atoms with Crippen LogP contribution in [0.3, 0.4) is 0 Å². The van der Waals surface area contributed by atoms with Crippen LogP contribution in [0, 0.1) is 0 Å². The summed E-state index contributed by atoms with van der Waals surface area (Å²) in [6.07, 6.45) is 3.58. The van der Waals surface area contributed by atoms with E-state index in [1.807, 2.05) is 19.1 Å². The van der Waals surface area contributed by atoms with Gasteiger partial charge in [-0.05, 0) is 31.5 Å². The Morgan fingerprint density at radius 1 is 1.50 bits per heavy atom. The summed E-state index contributed by atoms with van der Waals surface area (Å²) in [6.45, 7) is 1.88. The Kier molecular flexibility index (Phi) is 4.73. The monoisotopic (exact) mass is 275 g/mol. The number of aromatic nitrogens is 1. The van der Waals surface area contributed by atoms with Gasteiger partial charge in [-0.1, -0.05) is 6.07 Å². The first-order valence-electron chi connectivity index (χ1n) is 6.37. The Bertz CT molecular complexity index is 555. The highest BCUT2D eigenvalue weighted by molar-refractivity contribution is 5.90. The Labute approximate surface area is 116 Å². The molecule has 0 saturated heterocycles. The van der Waals surface area contributed by atoms with E-state index in [9.17, 15) is 4.79 Å². The van der Waals surface area contributed by atoms with Gasteiger partial charge in [0.05, 0.1) is 6.20 Å². The van der Waals surface area contributed by atoms with Crippen molar-refractivity contribution in [3.8, 4) is 11.5 Å². The van der Waals surface area contributed by atoms with Crippen molar-refractivity contribution in [3.05, 3.63) is 36.7 Å². The van der Waals surface area contributed by atoms with Gasteiger partial charge in [0.15, 0.2) is 0 Å². The second-order valence-corrected chi connectivity index (χ2v) is 4.43. The van der Waals surface area contributed by atoms with Gasteiger partial charge >= 0.3 is 6.03 Å². The van der Waals surface area contributed by atoms with Gasteiger partial charge in [-0.3, -0.25) is 0 Å². The van der Waals surface area contributed by atoms with E-state index in [0.717, 1.165) is 5.56 Å². The lowest BCUT2D eigenvalue weighted by Gasteiger charge is -2.13. The van der Waals surface area contributed by atoms with E-state index >= 15 is 0 Å². The number of amides is 2. The summed E-state index contributed by atoms with van der Waals surface area (Å²) in [5.74, 6) is 0.503. The molecule has 0 fully saturated rings. The first kappa shape index (κ1) is 14.1. The van der Waals surface area contributed by atoms with Crippen LogP contribution in [0.15, 0.2) is 41.1 Å². The summed E-state index contributed by atoms with van der Waals surface area (Å²) < 4.78 is 5.21. The fourth-order valence-corrected chi connectivity index (χ4v) is 1.75. The molecule has 1 atom stereocenters. The van der Waals surface area contributed by atoms with Gasteiger partial charge in [0.2, 0.25) is 5.89 Å². The van der Waals surface area contributed by atoms with Gasteiger partial charge in [0.1, 0.15) is 6.26 Å². The van der Waals surface area contributed by atoms with Gasteiger partial charge in [-0.25, -0.2) is 9.78 Å². The number of aliphatic hydroxyl groups excluding tert-OH is 1. The van der Waals surface area contributed by atoms with E-state index in [4.69, 9.17) is 9.52 Å². The maximum Gasteiger partial charge on any atom is 0.319 e. The molecule has 106 valence electrons. The van der Waals surface area contributed by atoms with Crippen LogP contribution in [0.1, 0.15) is 13.3 Å². The fourth-order valence-electron chi connectivity index (χ4n) is 1.75. The number of rotatable bonds is 5. The molecule has 0 saturated carbocycles. The van der Waals surface area contributed by atoms with Crippen molar-refractivity contribution in [1.29, 1.82) is 0 Å². The molecule has 0 aliphatic rings. The maximum atomic E-state index is 11.8. The molecule has 1 aromatic heterocycles. The molecule has 0 radical (unpaired) electrons. The Hall–Kier alpha value is -2.34. The fraction of sp³-hybridized carbons (Fsp3) is 0.286. The SMILES string of the molecule is C[C@H](CCO)NC(=O)Nc1cccc(-c2ncco2)c1. The first-order valence-corrected chi connectivity index (χ1v) is 6.37. The van der Waals surface area contributed by atoms with E-state index in [1.54, 1.807) is 18.3 Å². The van der Waals surface area contributed by atoms with E-state index in [-0.39, 0.29) is 18.7 Å². The minimum Gasteiger partial charge on any atom is -0.445 e. The number of urea groups is 1. The molecule has 2 aromatic rings. The molecular weight excluding hydrogens is 258 g/mol. The van der Waals surface area contributed by atoms with E-state index in [1.165, 1.54) is 6.26 Å². The smallest absolute Gasteiger partial charge is 0.319 e. The highest BCUT2D eigenvalue weighted by atomic mass is 16.3. The first-order chi connectivity index (χ1) is 9.69. The van der Waals surface area contributed by atoms with Gasteiger partial charge < -0.3 is 20.2 Å². The summed E-state index contributed by atoms with van der Waals surface area (Å²) in [4.78, 5) is 15.8. The maximum absolute atomic E-state index is 11.8. The third-order valence-corrected chi connectivity index (χ3v) is 2.74. The number of nitrogens with one attached hydrogen (secondary N) is 2. The van der Waals surface area contributed by atoms with Crippen molar-refractivity contribution in [1.82, 2.24) is 10.3 Å². The number of hydrogen-bond donors (Lipinski definition) is 3. The van der Waals surface area contributed by atoms with E-state index < -0.39 is 0 Å². The van der Waals surface area contributed by atoms with Crippen LogP contribution in [0.25, 0.3) is 11.5 Å². The number of benzene rings is 1. The zero-order valence-electron chi connectivity index (χ0n) is 11.2. The number of carbonyl (C=O) groups excluding carboxylic acids is 1. The largest absolute Gasteiger partial charge is 0.445 e. The molecule has 6 heteroatoms. The highest BCUT2D eigenvalue weighted by Gasteiger charge is 2.08. The second kappa shape index (κ2) is 6.72.